The van der Waals surface area contributed by atoms with E-state index in [4.69, 9.17) is 4.74 Å². The molecule has 1 aliphatic carbocycles. The second-order valence-electron chi connectivity index (χ2n) is 8.11. The fourth-order valence-electron chi connectivity index (χ4n) is 4.53. The van der Waals surface area contributed by atoms with Crippen molar-refractivity contribution in [2.75, 3.05) is 52.5 Å². The van der Waals surface area contributed by atoms with E-state index in [0.717, 1.165) is 25.7 Å². The number of benzene rings is 1. The minimum Gasteiger partial charge on any atom is -0.379 e. The summed E-state index contributed by atoms with van der Waals surface area (Å²) in [5, 5.41) is 0. The standard InChI is InChI=1S/C21H29N3O5S/c25-20(17-5-1-2-6-17)22-9-11-23(12-10-22)21(26)18-7-3-4-8-19(18)30(27,28)24-13-15-29-16-14-24/h3-4,7-8,17H,1-2,5-6,9-16H2. The maximum atomic E-state index is 13.2. The van der Waals surface area contributed by atoms with Crippen molar-refractivity contribution in [3.05, 3.63) is 29.8 Å². The second-order valence-corrected chi connectivity index (χ2v) is 10.0. The molecule has 1 saturated carbocycles. The molecule has 0 radical (unpaired) electrons. The molecule has 8 nitrogen and oxygen atoms in total. The fourth-order valence-corrected chi connectivity index (χ4v) is 6.12. The van der Waals surface area contributed by atoms with Gasteiger partial charge in [0.1, 0.15) is 0 Å². The average molecular weight is 436 g/mol. The number of rotatable bonds is 4. The molecule has 30 heavy (non-hydrogen) atoms. The number of hydrogen-bond donors (Lipinski definition) is 0. The lowest BCUT2D eigenvalue weighted by Crippen LogP contribution is -2.52. The van der Waals surface area contributed by atoms with Gasteiger partial charge in [0.15, 0.2) is 0 Å². The molecule has 0 aromatic heterocycles. The largest absolute Gasteiger partial charge is 0.379 e. The van der Waals surface area contributed by atoms with E-state index in [9.17, 15) is 18.0 Å². The molecule has 0 N–H and O–H groups in total. The van der Waals surface area contributed by atoms with Gasteiger partial charge in [-0.2, -0.15) is 4.31 Å². The van der Waals surface area contributed by atoms with Crippen LogP contribution in [0.25, 0.3) is 0 Å². The molecular weight excluding hydrogens is 406 g/mol. The molecule has 4 rings (SSSR count). The third kappa shape index (κ3) is 4.24. The molecule has 1 aromatic rings. The van der Waals surface area contributed by atoms with Crippen molar-refractivity contribution in [3.8, 4) is 0 Å². The molecule has 3 fully saturated rings. The molecule has 3 aliphatic rings. The van der Waals surface area contributed by atoms with Crippen LogP contribution in [-0.4, -0.2) is 86.8 Å². The Morgan fingerprint density at radius 2 is 1.47 bits per heavy atom. The summed E-state index contributed by atoms with van der Waals surface area (Å²) in [6.45, 7) is 3.11. The van der Waals surface area contributed by atoms with Crippen LogP contribution in [0.3, 0.4) is 0 Å². The van der Waals surface area contributed by atoms with Crippen molar-refractivity contribution in [1.29, 1.82) is 0 Å². The van der Waals surface area contributed by atoms with Crippen LogP contribution < -0.4 is 0 Å². The lowest BCUT2D eigenvalue weighted by molar-refractivity contribution is -0.136. The number of ether oxygens (including phenoxy) is 1. The van der Waals surface area contributed by atoms with E-state index in [2.05, 4.69) is 0 Å². The maximum absolute atomic E-state index is 13.2. The number of sulfonamides is 1. The van der Waals surface area contributed by atoms with Crippen molar-refractivity contribution in [1.82, 2.24) is 14.1 Å². The van der Waals surface area contributed by atoms with Gasteiger partial charge in [0, 0.05) is 45.2 Å². The molecule has 0 atom stereocenters. The Morgan fingerprint density at radius 1 is 0.867 bits per heavy atom. The van der Waals surface area contributed by atoms with E-state index in [-0.39, 0.29) is 41.3 Å². The molecule has 0 spiro atoms. The van der Waals surface area contributed by atoms with Gasteiger partial charge in [-0.05, 0) is 25.0 Å². The summed E-state index contributed by atoms with van der Waals surface area (Å²) in [7, 11) is -3.77. The first-order valence-corrected chi connectivity index (χ1v) is 12.2. The predicted octanol–water partition coefficient (Wildman–Crippen LogP) is 1.18. The van der Waals surface area contributed by atoms with Crippen molar-refractivity contribution in [2.45, 2.75) is 30.6 Å². The Morgan fingerprint density at radius 3 is 2.13 bits per heavy atom. The van der Waals surface area contributed by atoms with Gasteiger partial charge in [0.2, 0.25) is 15.9 Å². The van der Waals surface area contributed by atoms with Crippen LogP contribution in [0, 0.1) is 5.92 Å². The molecule has 2 aliphatic heterocycles. The first-order chi connectivity index (χ1) is 14.5. The Kier molecular flexibility index (Phi) is 6.40. The molecule has 2 amide bonds. The van der Waals surface area contributed by atoms with Crippen LogP contribution in [0.2, 0.25) is 0 Å². The Balaban J connectivity index is 1.46. The van der Waals surface area contributed by atoms with Crippen molar-refractivity contribution >= 4 is 21.8 Å². The maximum Gasteiger partial charge on any atom is 0.255 e. The van der Waals surface area contributed by atoms with Crippen LogP contribution in [0.4, 0.5) is 0 Å². The van der Waals surface area contributed by atoms with E-state index < -0.39 is 10.0 Å². The van der Waals surface area contributed by atoms with Gasteiger partial charge in [-0.1, -0.05) is 25.0 Å². The third-order valence-electron chi connectivity index (χ3n) is 6.29. The van der Waals surface area contributed by atoms with Gasteiger partial charge in [0.25, 0.3) is 5.91 Å². The molecular formula is C21H29N3O5S. The fraction of sp³-hybridized carbons (Fsp3) is 0.619. The number of nitrogens with zero attached hydrogens (tertiary/aromatic N) is 3. The van der Waals surface area contributed by atoms with Gasteiger partial charge < -0.3 is 14.5 Å². The molecule has 0 unspecified atom stereocenters. The van der Waals surface area contributed by atoms with Crippen LogP contribution in [0.1, 0.15) is 36.0 Å². The summed E-state index contributed by atoms with van der Waals surface area (Å²) in [6.07, 6.45) is 4.15. The molecule has 164 valence electrons. The topological polar surface area (TPSA) is 87.2 Å². The predicted molar refractivity (Wildman–Crippen MR) is 110 cm³/mol. The summed E-state index contributed by atoms with van der Waals surface area (Å²) >= 11 is 0. The monoisotopic (exact) mass is 435 g/mol. The minimum atomic E-state index is -3.77. The number of carbonyl (C=O) groups is 2. The summed E-state index contributed by atoms with van der Waals surface area (Å²) in [5.41, 5.74) is 0.194. The number of hydrogen-bond acceptors (Lipinski definition) is 5. The van der Waals surface area contributed by atoms with E-state index in [1.165, 1.54) is 10.4 Å². The molecule has 9 heteroatoms. The summed E-state index contributed by atoms with van der Waals surface area (Å²) in [6, 6.07) is 6.40. The lowest BCUT2D eigenvalue weighted by atomic mass is 10.1. The summed E-state index contributed by atoms with van der Waals surface area (Å²) in [5.74, 6) is 0.0388. The van der Waals surface area contributed by atoms with Crippen molar-refractivity contribution < 1.29 is 22.7 Å². The van der Waals surface area contributed by atoms with E-state index in [0.29, 0.717) is 39.4 Å². The highest BCUT2D eigenvalue weighted by molar-refractivity contribution is 7.89. The number of amides is 2. The average Bonchev–Trinajstić information content (AvgIpc) is 3.34. The highest BCUT2D eigenvalue weighted by Crippen LogP contribution is 2.27. The van der Waals surface area contributed by atoms with Gasteiger partial charge in [-0.15, -0.1) is 0 Å². The summed E-state index contributed by atoms with van der Waals surface area (Å²) in [4.78, 5) is 29.4. The van der Waals surface area contributed by atoms with Crippen molar-refractivity contribution in [3.63, 3.8) is 0 Å². The molecule has 2 saturated heterocycles. The van der Waals surface area contributed by atoms with Crippen LogP contribution in [-0.2, 0) is 19.6 Å². The van der Waals surface area contributed by atoms with E-state index in [1.807, 2.05) is 4.90 Å². The summed E-state index contributed by atoms with van der Waals surface area (Å²) < 4.78 is 32.9. The van der Waals surface area contributed by atoms with Gasteiger partial charge >= 0.3 is 0 Å². The van der Waals surface area contributed by atoms with Crippen LogP contribution >= 0.6 is 0 Å². The lowest BCUT2D eigenvalue weighted by Gasteiger charge is -2.36. The number of piperazine rings is 1. The van der Waals surface area contributed by atoms with Gasteiger partial charge in [-0.3, -0.25) is 9.59 Å². The number of carbonyl (C=O) groups excluding carboxylic acids is 2. The molecule has 0 bridgehead atoms. The second kappa shape index (κ2) is 9.03. The highest BCUT2D eigenvalue weighted by Gasteiger charge is 2.34. The van der Waals surface area contributed by atoms with Crippen LogP contribution in [0.15, 0.2) is 29.2 Å². The first kappa shape index (κ1) is 21.3. The molecule has 1 aromatic carbocycles. The van der Waals surface area contributed by atoms with Crippen LogP contribution in [0.5, 0.6) is 0 Å². The zero-order valence-electron chi connectivity index (χ0n) is 17.2. The SMILES string of the molecule is O=C(c1ccccc1S(=O)(=O)N1CCOCC1)N1CCN(C(=O)C2CCCC2)CC1. The van der Waals surface area contributed by atoms with Gasteiger partial charge in [0.05, 0.1) is 23.7 Å². The number of morpholine rings is 1. The van der Waals surface area contributed by atoms with E-state index in [1.54, 1.807) is 23.1 Å². The Labute approximate surface area is 177 Å². The quantitative estimate of drug-likeness (QED) is 0.709. The zero-order valence-corrected chi connectivity index (χ0v) is 18.0. The van der Waals surface area contributed by atoms with E-state index >= 15 is 0 Å². The first-order valence-electron chi connectivity index (χ1n) is 10.7. The third-order valence-corrected chi connectivity index (χ3v) is 8.25. The normalized spacial score (nSPS) is 21.7. The minimum absolute atomic E-state index is 0.0429. The van der Waals surface area contributed by atoms with Gasteiger partial charge in [-0.25, -0.2) is 8.42 Å². The zero-order chi connectivity index (χ0) is 21.1. The molecule has 2 heterocycles. The van der Waals surface area contributed by atoms with Crippen molar-refractivity contribution in [2.24, 2.45) is 5.92 Å². The smallest absolute Gasteiger partial charge is 0.255 e. The Bertz CT molecular complexity index is 884. The highest BCUT2D eigenvalue weighted by atomic mass is 32.2. The Hall–Kier alpha value is -1.97.